The summed E-state index contributed by atoms with van der Waals surface area (Å²) in [5.74, 6) is 0.284. The highest BCUT2D eigenvalue weighted by Crippen LogP contribution is 2.39. The lowest BCUT2D eigenvalue weighted by Crippen LogP contribution is -2.44. The van der Waals surface area contributed by atoms with Gasteiger partial charge in [-0.3, -0.25) is 9.59 Å². The average molecular weight is 512 g/mol. The molecule has 2 amide bonds. The third-order valence-electron chi connectivity index (χ3n) is 7.05. The van der Waals surface area contributed by atoms with Crippen LogP contribution >= 0.6 is 0 Å². The van der Waals surface area contributed by atoms with Crippen LogP contribution in [0.2, 0.25) is 0 Å². The Kier molecular flexibility index (Phi) is 8.76. The molecule has 0 radical (unpaired) electrons. The van der Waals surface area contributed by atoms with Gasteiger partial charge in [0.15, 0.2) is 0 Å². The molecule has 198 valence electrons. The molecular weight excluding hydrogens is 477 g/mol. The zero-order valence-corrected chi connectivity index (χ0v) is 21.6. The summed E-state index contributed by atoms with van der Waals surface area (Å²) in [7, 11) is 4.68. The van der Waals surface area contributed by atoms with E-state index in [0.29, 0.717) is 41.5 Å². The number of nitrogens with zero attached hydrogens (tertiary/aromatic N) is 3. The van der Waals surface area contributed by atoms with E-state index in [1.165, 1.54) is 11.1 Å². The Bertz CT molecular complexity index is 1150. The summed E-state index contributed by atoms with van der Waals surface area (Å²) in [6.07, 6.45) is 3.98. The molecule has 2 aromatic carbocycles. The Balaban J connectivity index is 1.68. The maximum Gasteiger partial charge on any atom is 0.262 e. The fraction of sp³-hybridized carbons (Fsp3) is 0.464. The molecule has 9 heteroatoms. The number of rotatable bonds is 10. The van der Waals surface area contributed by atoms with Gasteiger partial charge in [0.2, 0.25) is 5.91 Å². The molecule has 1 atom stereocenters. The number of carbonyl (C=O) groups is 2. The van der Waals surface area contributed by atoms with Gasteiger partial charge >= 0.3 is 0 Å². The molecule has 0 bridgehead atoms. The van der Waals surface area contributed by atoms with Gasteiger partial charge in [0.25, 0.3) is 5.91 Å². The quantitative estimate of drug-likeness (QED) is 0.478. The number of benzene rings is 2. The maximum atomic E-state index is 14.7. The van der Waals surface area contributed by atoms with E-state index < -0.39 is 11.9 Å². The molecule has 0 N–H and O–H groups in total. The molecule has 8 nitrogen and oxygen atoms in total. The normalized spacial score (nSPS) is 17.6. The van der Waals surface area contributed by atoms with Gasteiger partial charge in [-0.05, 0) is 37.1 Å². The summed E-state index contributed by atoms with van der Waals surface area (Å²) in [5.41, 5.74) is 1.48. The van der Waals surface area contributed by atoms with E-state index in [-0.39, 0.29) is 30.7 Å². The van der Waals surface area contributed by atoms with Gasteiger partial charge in [0.1, 0.15) is 23.9 Å². The van der Waals surface area contributed by atoms with Crippen molar-refractivity contribution in [3.63, 3.8) is 0 Å². The summed E-state index contributed by atoms with van der Waals surface area (Å²) in [4.78, 5) is 28.6. The van der Waals surface area contributed by atoms with Crippen molar-refractivity contribution in [2.24, 2.45) is 11.0 Å². The third kappa shape index (κ3) is 5.93. The number of ether oxygens (including phenoxy) is 3. The largest absolute Gasteiger partial charge is 0.497 e. The van der Waals surface area contributed by atoms with E-state index in [9.17, 15) is 14.0 Å². The minimum absolute atomic E-state index is 0.0316. The molecule has 1 aliphatic carbocycles. The van der Waals surface area contributed by atoms with E-state index in [4.69, 9.17) is 14.2 Å². The Morgan fingerprint density at radius 3 is 2.51 bits per heavy atom. The van der Waals surface area contributed by atoms with Gasteiger partial charge in [-0.2, -0.15) is 5.10 Å². The topological polar surface area (TPSA) is 80.7 Å². The molecule has 1 heterocycles. The molecule has 2 aliphatic rings. The van der Waals surface area contributed by atoms with Crippen LogP contribution < -0.4 is 9.47 Å². The Morgan fingerprint density at radius 2 is 1.84 bits per heavy atom. The van der Waals surface area contributed by atoms with Crippen LogP contribution in [0, 0.1) is 11.7 Å². The van der Waals surface area contributed by atoms with Crippen molar-refractivity contribution in [2.75, 3.05) is 41.0 Å². The molecule has 0 saturated heterocycles. The Morgan fingerprint density at radius 1 is 1.08 bits per heavy atom. The smallest absolute Gasteiger partial charge is 0.262 e. The summed E-state index contributed by atoms with van der Waals surface area (Å²) in [5, 5.41) is 5.95. The number of hydrogen-bond acceptors (Lipinski definition) is 6. The van der Waals surface area contributed by atoms with Crippen molar-refractivity contribution in [2.45, 2.75) is 38.1 Å². The van der Waals surface area contributed by atoms with Crippen LogP contribution in [0.3, 0.4) is 0 Å². The number of methoxy groups -OCH3 is 3. The lowest BCUT2D eigenvalue weighted by Gasteiger charge is -2.29. The van der Waals surface area contributed by atoms with Crippen LogP contribution in [0.4, 0.5) is 4.39 Å². The summed E-state index contributed by atoms with van der Waals surface area (Å²) >= 11 is 0. The second kappa shape index (κ2) is 12.2. The average Bonchev–Trinajstić information content (AvgIpc) is 3.61. The fourth-order valence-electron chi connectivity index (χ4n) is 5.08. The van der Waals surface area contributed by atoms with Crippen LogP contribution in [-0.4, -0.2) is 68.5 Å². The molecule has 2 aromatic rings. The molecule has 0 aromatic heterocycles. The van der Waals surface area contributed by atoms with Crippen molar-refractivity contribution in [1.29, 1.82) is 0 Å². The summed E-state index contributed by atoms with van der Waals surface area (Å²) in [6, 6.07) is 11.2. The van der Waals surface area contributed by atoms with E-state index in [1.807, 2.05) is 0 Å². The Labute approximate surface area is 217 Å². The zero-order chi connectivity index (χ0) is 26.4. The van der Waals surface area contributed by atoms with Crippen LogP contribution in [0.1, 0.15) is 49.3 Å². The van der Waals surface area contributed by atoms with Crippen molar-refractivity contribution in [1.82, 2.24) is 9.91 Å². The maximum absolute atomic E-state index is 14.7. The molecule has 0 unspecified atom stereocenters. The van der Waals surface area contributed by atoms with Crippen LogP contribution in [0.25, 0.3) is 0 Å². The van der Waals surface area contributed by atoms with Crippen molar-refractivity contribution in [3.05, 3.63) is 59.4 Å². The monoisotopic (exact) mass is 511 g/mol. The van der Waals surface area contributed by atoms with Gasteiger partial charge < -0.3 is 19.1 Å². The lowest BCUT2D eigenvalue weighted by molar-refractivity contribution is -0.144. The summed E-state index contributed by atoms with van der Waals surface area (Å²) < 4.78 is 30.9. The highest BCUT2D eigenvalue weighted by molar-refractivity contribution is 6.03. The first-order chi connectivity index (χ1) is 18.0. The molecule has 1 aliphatic heterocycles. The molecule has 37 heavy (non-hydrogen) atoms. The standard InChI is InChI=1S/C28H34FN3O5/c1-35-15-14-31(28(34)19-8-4-5-9-19)18-27(33)32-25(22-16-20(36-2)12-13-26(22)37-3)17-24(30-32)21-10-6-7-11-23(21)29/h6-7,10-13,16,19,25H,4-5,8-9,14-15,17-18H2,1-3H3/t25-/m0/s1. The SMILES string of the molecule is COCCN(CC(=O)N1N=C(c2ccccc2F)C[C@H]1c1cc(OC)ccc1OC)C(=O)C1CCCC1. The van der Waals surface area contributed by atoms with Crippen LogP contribution in [-0.2, 0) is 14.3 Å². The van der Waals surface area contributed by atoms with E-state index >= 15 is 0 Å². The van der Waals surface area contributed by atoms with Crippen molar-refractivity contribution in [3.8, 4) is 11.5 Å². The van der Waals surface area contributed by atoms with Gasteiger partial charge in [0.05, 0.1) is 32.6 Å². The number of halogens is 1. The van der Waals surface area contributed by atoms with Gasteiger partial charge in [-0.15, -0.1) is 0 Å². The minimum atomic E-state index is -0.557. The number of hydrazone groups is 1. The van der Waals surface area contributed by atoms with E-state index in [0.717, 1.165) is 25.7 Å². The molecule has 1 saturated carbocycles. The molecule has 0 spiro atoms. The van der Waals surface area contributed by atoms with Crippen molar-refractivity contribution >= 4 is 17.5 Å². The summed E-state index contributed by atoms with van der Waals surface area (Å²) in [6.45, 7) is 0.487. The third-order valence-corrected chi connectivity index (χ3v) is 7.05. The van der Waals surface area contributed by atoms with Gasteiger partial charge in [0, 0.05) is 37.1 Å². The van der Waals surface area contributed by atoms with Crippen LogP contribution in [0.5, 0.6) is 11.5 Å². The first kappa shape index (κ1) is 26.6. The highest BCUT2D eigenvalue weighted by Gasteiger charge is 2.37. The van der Waals surface area contributed by atoms with Crippen LogP contribution in [0.15, 0.2) is 47.6 Å². The fourth-order valence-corrected chi connectivity index (χ4v) is 5.08. The van der Waals surface area contributed by atoms with E-state index in [1.54, 1.807) is 62.6 Å². The lowest BCUT2D eigenvalue weighted by atomic mass is 9.97. The van der Waals surface area contributed by atoms with E-state index in [2.05, 4.69) is 5.10 Å². The number of hydrogen-bond donors (Lipinski definition) is 0. The zero-order valence-electron chi connectivity index (χ0n) is 21.6. The second-order valence-corrected chi connectivity index (χ2v) is 9.33. The molecular formula is C28H34FN3O5. The second-order valence-electron chi connectivity index (χ2n) is 9.33. The first-order valence-corrected chi connectivity index (χ1v) is 12.6. The minimum Gasteiger partial charge on any atom is -0.497 e. The number of carbonyl (C=O) groups excluding carboxylic acids is 2. The van der Waals surface area contributed by atoms with Gasteiger partial charge in [-0.25, -0.2) is 9.40 Å². The Hall–Kier alpha value is -3.46. The van der Waals surface area contributed by atoms with Gasteiger partial charge in [-0.1, -0.05) is 31.0 Å². The first-order valence-electron chi connectivity index (χ1n) is 12.6. The predicted molar refractivity (Wildman–Crippen MR) is 137 cm³/mol. The number of amides is 2. The predicted octanol–water partition coefficient (Wildman–Crippen LogP) is 4.19. The highest BCUT2D eigenvalue weighted by atomic mass is 19.1. The molecule has 1 fully saturated rings. The molecule has 4 rings (SSSR count). The van der Waals surface area contributed by atoms with Crippen molar-refractivity contribution < 1.29 is 28.2 Å².